The monoisotopic (exact) mass is 374 g/mol. The highest BCUT2D eigenvalue weighted by atomic mass is 79.9. The summed E-state index contributed by atoms with van der Waals surface area (Å²) in [6, 6.07) is 2.50. The van der Waals surface area contributed by atoms with Gasteiger partial charge >= 0.3 is 6.18 Å². The van der Waals surface area contributed by atoms with E-state index in [9.17, 15) is 21.6 Å². The molecule has 0 saturated carbocycles. The van der Waals surface area contributed by atoms with Crippen LogP contribution in [0.4, 0.5) is 13.2 Å². The Morgan fingerprint density at radius 3 is 2.25 bits per heavy atom. The van der Waals surface area contributed by atoms with Crippen molar-refractivity contribution in [1.29, 1.82) is 0 Å². The number of rotatable bonds is 4. The van der Waals surface area contributed by atoms with Crippen molar-refractivity contribution >= 4 is 26.0 Å². The maximum Gasteiger partial charge on any atom is 0.416 e. The number of alkyl halides is 3. The van der Waals surface area contributed by atoms with Gasteiger partial charge in [0.15, 0.2) is 0 Å². The van der Waals surface area contributed by atoms with Crippen molar-refractivity contribution in [2.75, 3.05) is 6.54 Å². The zero-order chi connectivity index (χ0) is 15.8. The van der Waals surface area contributed by atoms with E-state index < -0.39 is 32.2 Å². The number of sulfonamides is 1. The first-order valence-electron chi connectivity index (χ1n) is 5.49. The Morgan fingerprint density at radius 1 is 1.25 bits per heavy atom. The summed E-state index contributed by atoms with van der Waals surface area (Å²) in [5, 5.41) is 0. The molecule has 1 rings (SSSR count). The lowest BCUT2D eigenvalue weighted by Gasteiger charge is -2.24. The van der Waals surface area contributed by atoms with Crippen LogP contribution in [0.5, 0.6) is 0 Å². The average Bonchev–Trinajstić information content (AvgIpc) is 2.25. The first kappa shape index (κ1) is 17.4. The summed E-state index contributed by atoms with van der Waals surface area (Å²) < 4.78 is 64.5. The van der Waals surface area contributed by atoms with E-state index in [1.165, 1.54) is 13.8 Å². The molecule has 0 aliphatic rings. The number of benzene rings is 1. The van der Waals surface area contributed by atoms with Crippen molar-refractivity contribution in [1.82, 2.24) is 4.72 Å². The van der Waals surface area contributed by atoms with Gasteiger partial charge in [-0.1, -0.05) is 15.9 Å². The molecule has 0 atom stereocenters. The van der Waals surface area contributed by atoms with Gasteiger partial charge in [0.25, 0.3) is 0 Å². The summed E-state index contributed by atoms with van der Waals surface area (Å²) in [5.41, 5.74) is 3.40. The molecule has 0 spiro atoms. The predicted molar refractivity (Wildman–Crippen MR) is 72.6 cm³/mol. The van der Waals surface area contributed by atoms with E-state index in [1.54, 1.807) is 0 Å². The molecule has 0 bridgehead atoms. The minimum atomic E-state index is -4.63. The van der Waals surface area contributed by atoms with Crippen LogP contribution in [-0.2, 0) is 16.2 Å². The van der Waals surface area contributed by atoms with Crippen LogP contribution in [0.15, 0.2) is 27.6 Å². The number of nitrogens with two attached hydrogens (primary N) is 1. The van der Waals surface area contributed by atoms with E-state index in [0.29, 0.717) is 6.07 Å². The minimum Gasteiger partial charge on any atom is -0.329 e. The van der Waals surface area contributed by atoms with Gasteiger partial charge in [0.05, 0.1) is 10.5 Å². The van der Waals surface area contributed by atoms with E-state index in [1.807, 2.05) is 0 Å². The Kier molecular flexibility index (Phi) is 4.90. The van der Waals surface area contributed by atoms with Gasteiger partial charge in [-0.15, -0.1) is 0 Å². The van der Waals surface area contributed by atoms with Crippen LogP contribution in [0.1, 0.15) is 19.4 Å². The SMILES string of the molecule is CC(C)(CN)NS(=O)(=O)c1cc(Br)cc(C(F)(F)F)c1. The molecule has 1 aromatic carbocycles. The van der Waals surface area contributed by atoms with Crippen molar-refractivity contribution in [3.8, 4) is 0 Å². The van der Waals surface area contributed by atoms with Crippen molar-refractivity contribution in [2.24, 2.45) is 5.73 Å². The second kappa shape index (κ2) is 5.63. The van der Waals surface area contributed by atoms with Crippen molar-refractivity contribution in [3.63, 3.8) is 0 Å². The normalized spacial score (nSPS) is 13.6. The van der Waals surface area contributed by atoms with E-state index in [0.717, 1.165) is 12.1 Å². The summed E-state index contributed by atoms with van der Waals surface area (Å²) in [7, 11) is -4.10. The van der Waals surface area contributed by atoms with Crippen LogP contribution in [0, 0.1) is 0 Å². The third-order valence-electron chi connectivity index (χ3n) is 2.43. The molecule has 114 valence electrons. The summed E-state index contributed by atoms with van der Waals surface area (Å²) in [6.07, 6.45) is -4.63. The standard InChI is InChI=1S/C11H14BrF3N2O2S/c1-10(2,6-16)17-20(18,19)9-4-7(11(13,14)15)3-8(12)5-9/h3-5,17H,6,16H2,1-2H3. The van der Waals surface area contributed by atoms with Gasteiger partial charge in [0.1, 0.15) is 0 Å². The van der Waals surface area contributed by atoms with E-state index >= 15 is 0 Å². The smallest absolute Gasteiger partial charge is 0.329 e. The molecule has 4 nitrogen and oxygen atoms in total. The molecule has 0 amide bonds. The molecule has 3 N–H and O–H groups in total. The highest BCUT2D eigenvalue weighted by molar-refractivity contribution is 9.10. The Bertz CT molecular complexity index is 600. The molecule has 9 heteroatoms. The van der Waals surface area contributed by atoms with Gasteiger partial charge in [-0.2, -0.15) is 13.2 Å². The average molecular weight is 375 g/mol. The maximum atomic E-state index is 12.7. The lowest BCUT2D eigenvalue weighted by atomic mass is 10.1. The second-order valence-corrected chi connectivity index (χ2v) is 7.46. The van der Waals surface area contributed by atoms with E-state index in [4.69, 9.17) is 5.73 Å². The number of hydrogen-bond donors (Lipinski definition) is 2. The highest BCUT2D eigenvalue weighted by Crippen LogP contribution is 2.33. The predicted octanol–water partition coefficient (Wildman–Crippen LogP) is 2.48. The van der Waals surface area contributed by atoms with Crippen molar-refractivity contribution in [2.45, 2.75) is 30.5 Å². The van der Waals surface area contributed by atoms with Gasteiger partial charge in [0.2, 0.25) is 10.0 Å². The molecule has 0 fully saturated rings. The summed E-state index contributed by atoms with van der Waals surface area (Å²) >= 11 is 2.88. The zero-order valence-electron chi connectivity index (χ0n) is 10.8. The van der Waals surface area contributed by atoms with Crippen LogP contribution >= 0.6 is 15.9 Å². The van der Waals surface area contributed by atoms with Crippen LogP contribution in [0.2, 0.25) is 0 Å². The van der Waals surface area contributed by atoms with Crippen LogP contribution in [0.25, 0.3) is 0 Å². The first-order chi connectivity index (χ1) is 8.87. The topological polar surface area (TPSA) is 72.2 Å². The van der Waals surface area contributed by atoms with Gasteiger partial charge in [-0.25, -0.2) is 13.1 Å². The van der Waals surface area contributed by atoms with E-state index in [-0.39, 0.29) is 11.0 Å². The largest absolute Gasteiger partial charge is 0.416 e. The lowest BCUT2D eigenvalue weighted by molar-refractivity contribution is -0.137. The fourth-order valence-corrected chi connectivity index (χ4v) is 3.48. The first-order valence-corrected chi connectivity index (χ1v) is 7.77. The number of hydrogen-bond acceptors (Lipinski definition) is 3. The van der Waals surface area contributed by atoms with Crippen LogP contribution in [-0.4, -0.2) is 20.5 Å². The third-order valence-corrected chi connectivity index (χ3v) is 4.57. The van der Waals surface area contributed by atoms with Gasteiger partial charge < -0.3 is 5.73 Å². The third kappa shape index (κ3) is 4.44. The van der Waals surface area contributed by atoms with Gasteiger partial charge in [-0.05, 0) is 32.0 Å². The van der Waals surface area contributed by atoms with Crippen LogP contribution in [0.3, 0.4) is 0 Å². The Morgan fingerprint density at radius 2 is 1.80 bits per heavy atom. The molecule has 0 unspecified atom stereocenters. The molecule has 0 aromatic heterocycles. The van der Waals surface area contributed by atoms with Gasteiger partial charge in [0, 0.05) is 16.6 Å². The summed E-state index contributed by atoms with van der Waals surface area (Å²) in [5.74, 6) is 0. The maximum absolute atomic E-state index is 12.7. The molecular formula is C11H14BrF3N2O2S. The Balaban J connectivity index is 3.30. The number of halogens is 4. The minimum absolute atomic E-state index is 0.00631. The Hall–Kier alpha value is -0.640. The fraction of sp³-hybridized carbons (Fsp3) is 0.455. The highest BCUT2D eigenvalue weighted by Gasteiger charge is 2.33. The summed E-state index contributed by atoms with van der Waals surface area (Å²) in [6.45, 7) is 3.08. The van der Waals surface area contributed by atoms with E-state index in [2.05, 4.69) is 20.7 Å². The van der Waals surface area contributed by atoms with Crippen molar-refractivity contribution < 1.29 is 21.6 Å². The molecule has 1 aromatic rings. The quantitative estimate of drug-likeness (QED) is 0.850. The molecule has 0 saturated heterocycles. The second-order valence-electron chi connectivity index (χ2n) is 4.87. The van der Waals surface area contributed by atoms with Crippen molar-refractivity contribution in [3.05, 3.63) is 28.2 Å². The number of nitrogens with one attached hydrogen (secondary N) is 1. The summed E-state index contributed by atoms with van der Waals surface area (Å²) in [4.78, 5) is -0.472. The fourth-order valence-electron chi connectivity index (χ4n) is 1.35. The van der Waals surface area contributed by atoms with Crippen LogP contribution < -0.4 is 10.5 Å². The lowest BCUT2D eigenvalue weighted by Crippen LogP contribution is -2.48. The van der Waals surface area contributed by atoms with Gasteiger partial charge in [-0.3, -0.25) is 0 Å². The molecule has 0 radical (unpaired) electrons. The molecule has 0 aliphatic carbocycles. The molecule has 0 aliphatic heterocycles. The molecular weight excluding hydrogens is 361 g/mol. The Labute approximate surface area is 123 Å². The zero-order valence-corrected chi connectivity index (χ0v) is 13.2. The molecule has 20 heavy (non-hydrogen) atoms. The molecule has 0 heterocycles.